The topological polar surface area (TPSA) is 114 Å². The second kappa shape index (κ2) is 9.24. The zero-order valence-electron chi connectivity index (χ0n) is 16.0. The highest BCUT2D eigenvalue weighted by Gasteiger charge is 2.25. The highest BCUT2D eigenvalue weighted by atomic mass is 16.5. The van der Waals surface area contributed by atoms with Gasteiger partial charge in [-0.25, -0.2) is 5.48 Å². The van der Waals surface area contributed by atoms with Crippen molar-refractivity contribution >= 4 is 11.8 Å². The van der Waals surface area contributed by atoms with Crippen molar-refractivity contribution in [2.45, 2.75) is 38.0 Å². The predicted molar refractivity (Wildman–Crippen MR) is 107 cm³/mol. The fraction of sp³-hybridized carbons (Fsp3) is 0.273. The van der Waals surface area contributed by atoms with Gasteiger partial charge in [-0.3, -0.25) is 14.8 Å². The molecule has 0 heterocycles. The van der Waals surface area contributed by atoms with Gasteiger partial charge in [0, 0.05) is 22.7 Å². The predicted octanol–water partition coefficient (Wildman–Crippen LogP) is 1.58. The first-order valence-electron chi connectivity index (χ1n) is 9.35. The maximum absolute atomic E-state index is 12.3. The molecule has 1 aliphatic rings. The van der Waals surface area contributed by atoms with Crippen LogP contribution < -0.4 is 21.3 Å². The summed E-state index contributed by atoms with van der Waals surface area (Å²) in [6.07, 6.45) is 2.61. The molecule has 0 aromatic heterocycles. The number of carbonyl (C=O) groups is 2. The number of ether oxygens (including phenoxy) is 1. The summed E-state index contributed by atoms with van der Waals surface area (Å²) in [5.41, 5.74) is 9.15. The average Bonchev–Trinajstić information content (AvgIpc) is 3.55. The van der Waals surface area contributed by atoms with Crippen molar-refractivity contribution in [1.82, 2.24) is 10.8 Å². The van der Waals surface area contributed by atoms with Crippen LogP contribution in [0.5, 0.6) is 5.75 Å². The average molecular weight is 393 g/mol. The first kappa shape index (κ1) is 20.4. The molecule has 3 rings (SSSR count). The van der Waals surface area contributed by atoms with Gasteiger partial charge < -0.3 is 15.8 Å². The van der Waals surface area contributed by atoms with Crippen molar-refractivity contribution in [3.05, 3.63) is 65.2 Å². The molecule has 0 spiro atoms. The molecule has 0 unspecified atom stereocenters. The van der Waals surface area contributed by atoms with E-state index in [1.54, 1.807) is 31.2 Å². The van der Waals surface area contributed by atoms with E-state index in [0.29, 0.717) is 11.7 Å². The zero-order chi connectivity index (χ0) is 20.8. The lowest BCUT2D eigenvalue weighted by atomic mass is 10.1. The van der Waals surface area contributed by atoms with E-state index in [4.69, 9.17) is 15.7 Å². The van der Waals surface area contributed by atoms with Gasteiger partial charge >= 0.3 is 0 Å². The van der Waals surface area contributed by atoms with Crippen LogP contribution in [-0.4, -0.2) is 35.2 Å². The molecule has 7 heteroatoms. The fourth-order valence-corrected chi connectivity index (χ4v) is 2.57. The number of amides is 2. The molecule has 7 nitrogen and oxygen atoms in total. The minimum Gasteiger partial charge on any atom is -0.490 e. The number of nitrogens with two attached hydrogens (primary N) is 1. The smallest absolute Gasteiger partial charge is 0.267 e. The van der Waals surface area contributed by atoms with E-state index in [2.05, 4.69) is 17.2 Å². The highest BCUT2D eigenvalue weighted by molar-refractivity contribution is 5.97. The van der Waals surface area contributed by atoms with Crippen molar-refractivity contribution in [1.29, 1.82) is 0 Å². The molecule has 2 aromatic carbocycles. The van der Waals surface area contributed by atoms with Crippen molar-refractivity contribution in [3.8, 4) is 17.6 Å². The maximum Gasteiger partial charge on any atom is 0.267 e. The maximum atomic E-state index is 12.3. The first-order valence-corrected chi connectivity index (χ1v) is 9.35. The molecular weight excluding hydrogens is 370 g/mol. The molecule has 0 bridgehead atoms. The van der Waals surface area contributed by atoms with E-state index in [0.717, 1.165) is 29.7 Å². The molecule has 1 aliphatic carbocycles. The van der Waals surface area contributed by atoms with Crippen LogP contribution in [0.2, 0.25) is 0 Å². The van der Waals surface area contributed by atoms with E-state index in [1.807, 2.05) is 24.3 Å². The van der Waals surface area contributed by atoms with Gasteiger partial charge in [0.2, 0.25) is 0 Å². The quantitative estimate of drug-likeness (QED) is 0.338. The molecule has 2 atom stereocenters. The normalized spacial score (nSPS) is 14.7. The Kier molecular flexibility index (Phi) is 6.50. The lowest BCUT2D eigenvalue weighted by Crippen LogP contribution is -2.54. The Hall–Kier alpha value is -3.34. The Labute approximate surface area is 169 Å². The van der Waals surface area contributed by atoms with E-state index < -0.39 is 23.9 Å². The number of hydroxylamine groups is 1. The van der Waals surface area contributed by atoms with Crippen molar-refractivity contribution in [3.63, 3.8) is 0 Å². The zero-order valence-corrected chi connectivity index (χ0v) is 16.0. The van der Waals surface area contributed by atoms with E-state index in [9.17, 15) is 9.59 Å². The summed E-state index contributed by atoms with van der Waals surface area (Å²) in [5.74, 6) is 5.73. The van der Waals surface area contributed by atoms with E-state index >= 15 is 0 Å². The summed E-state index contributed by atoms with van der Waals surface area (Å²) in [6, 6.07) is 12.6. The van der Waals surface area contributed by atoms with Gasteiger partial charge in [-0.15, -0.1) is 0 Å². The lowest BCUT2D eigenvalue weighted by Gasteiger charge is -2.20. The summed E-state index contributed by atoms with van der Waals surface area (Å²) < 4.78 is 5.71. The molecule has 150 valence electrons. The van der Waals surface area contributed by atoms with Gasteiger partial charge in [0.05, 0.1) is 6.10 Å². The van der Waals surface area contributed by atoms with Crippen LogP contribution in [0.25, 0.3) is 0 Å². The standard InChI is InChI=1S/C22H23N3O4/c1-14(23)20(22(27)25-28)24-21(26)17-8-4-15(5-9-17)2-3-16-6-10-18(11-7-16)29-19-12-13-19/h4-11,14,19-20,28H,12-13,23H2,1H3,(H,24,26)(H,25,27)/t14-,20+/m1/s1. The number of carbonyl (C=O) groups excluding carboxylic acids is 2. The van der Waals surface area contributed by atoms with Crippen molar-refractivity contribution in [2.24, 2.45) is 5.73 Å². The number of benzene rings is 2. The lowest BCUT2D eigenvalue weighted by molar-refractivity contribution is -0.131. The van der Waals surface area contributed by atoms with Gasteiger partial charge in [-0.2, -0.15) is 0 Å². The summed E-state index contributed by atoms with van der Waals surface area (Å²) >= 11 is 0. The van der Waals surface area contributed by atoms with Crippen LogP contribution in [0.4, 0.5) is 0 Å². The third kappa shape index (κ3) is 5.82. The van der Waals surface area contributed by atoms with Crippen LogP contribution in [0.3, 0.4) is 0 Å². The molecule has 2 aromatic rings. The second-order valence-electron chi connectivity index (χ2n) is 6.96. The number of rotatable bonds is 6. The Bertz CT molecular complexity index is 923. The van der Waals surface area contributed by atoms with Gasteiger partial charge in [0.25, 0.3) is 11.8 Å². The number of nitrogens with one attached hydrogen (secondary N) is 2. The molecule has 2 amide bonds. The second-order valence-corrected chi connectivity index (χ2v) is 6.96. The first-order chi connectivity index (χ1) is 14.0. The molecule has 0 aliphatic heterocycles. The van der Waals surface area contributed by atoms with E-state index in [1.165, 1.54) is 5.48 Å². The summed E-state index contributed by atoms with van der Waals surface area (Å²) in [5, 5.41) is 11.3. The van der Waals surface area contributed by atoms with E-state index in [-0.39, 0.29) is 0 Å². The Morgan fingerprint density at radius 1 is 1.07 bits per heavy atom. The van der Waals surface area contributed by atoms with Crippen LogP contribution >= 0.6 is 0 Å². The third-order valence-electron chi connectivity index (χ3n) is 4.38. The fourth-order valence-electron chi connectivity index (χ4n) is 2.57. The van der Waals surface area contributed by atoms with Crippen LogP contribution in [-0.2, 0) is 4.79 Å². The monoisotopic (exact) mass is 393 g/mol. The minimum absolute atomic E-state index is 0.355. The Balaban J connectivity index is 1.61. The van der Waals surface area contributed by atoms with Gasteiger partial charge in [0.15, 0.2) is 0 Å². The molecule has 29 heavy (non-hydrogen) atoms. The number of hydrogen-bond donors (Lipinski definition) is 4. The van der Waals surface area contributed by atoms with Gasteiger partial charge in [-0.05, 0) is 68.3 Å². The molecule has 1 saturated carbocycles. The Morgan fingerprint density at radius 2 is 1.62 bits per heavy atom. The molecular formula is C22H23N3O4. The van der Waals surface area contributed by atoms with Gasteiger partial charge in [0.1, 0.15) is 11.8 Å². The SMILES string of the molecule is C[C@@H](N)[C@H](NC(=O)c1ccc(C#Cc2ccc(OC3CC3)cc2)cc1)C(=O)NO. The molecule has 1 fully saturated rings. The molecule has 5 N–H and O–H groups in total. The van der Waals surface area contributed by atoms with Crippen LogP contribution in [0, 0.1) is 11.8 Å². The van der Waals surface area contributed by atoms with Crippen LogP contribution in [0.1, 0.15) is 41.3 Å². The highest BCUT2D eigenvalue weighted by Crippen LogP contribution is 2.26. The third-order valence-corrected chi connectivity index (χ3v) is 4.38. The van der Waals surface area contributed by atoms with Crippen molar-refractivity contribution in [2.75, 3.05) is 0 Å². The minimum atomic E-state index is -1.04. The summed E-state index contributed by atoms with van der Waals surface area (Å²) in [7, 11) is 0. The van der Waals surface area contributed by atoms with Crippen molar-refractivity contribution < 1.29 is 19.5 Å². The Morgan fingerprint density at radius 3 is 2.10 bits per heavy atom. The van der Waals surface area contributed by atoms with Crippen LogP contribution in [0.15, 0.2) is 48.5 Å². The van der Waals surface area contributed by atoms with Gasteiger partial charge in [-0.1, -0.05) is 11.8 Å². The number of hydrogen-bond acceptors (Lipinski definition) is 5. The molecule has 0 radical (unpaired) electrons. The molecule has 0 saturated heterocycles. The summed E-state index contributed by atoms with van der Waals surface area (Å²) in [4.78, 5) is 23.9. The largest absolute Gasteiger partial charge is 0.490 e. The summed E-state index contributed by atoms with van der Waals surface area (Å²) in [6.45, 7) is 1.56.